The first-order valence-corrected chi connectivity index (χ1v) is 7.18. The monoisotopic (exact) mass is 271 g/mol. The predicted octanol–water partition coefficient (Wildman–Crippen LogP) is 4.17. The number of aromatic nitrogens is 3. The molecule has 2 aromatic heterocycles. The Hall–Kier alpha value is -1.55. The first-order valence-electron chi connectivity index (χ1n) is 6.77. The first kappa shape index (κ1) is 12.5. The number of hydrogen-bond acceptors (Lipinski definition) is 3. The van der Waals surface area contributed by atoms with E-state index in [9.17, 15) is 0 Å². The molecular weight excluding hydrogens is 254 g/mol. The molecular formula is C15H17N3S. The molecule has 3 nitrogen and oxygen atoms in total. The fourth-order valence-electron chi connectivity index (χ4n) is 2.78. The Kier molecular flexibility index (Phi) is 3.42. The van der Waals surface area contributed by atoms with Gasteiger partial charge >= 0.3 is 0 Å². The summed E-state index contributed by atoms with van der Waals surface area (Å²) in [6, 6.07) is 5.99. The molecule has 0 unspecified atom stereocenters. The van der Waals surface area contributed by atoms with Crippen molar-refractivity contribution in [3.63, 3.8) is 0 Å². The van der Waals surface area contributed by atoms with Gasteiger partial charge in [-0.3, -0.25) is 4.98 Å². The van der Waals surface area contributed by atoms with E-state index in [-0.39, 0.29) is 0 Å². The molecule has 1 fully saturated rings. The number of aryl methyl sites for hydroxylation is 1. The highest BCUT2D eigenvalue weighted by Gasteiger charge is 2.19. The van der Waals surface area contributed by atoms with Crippen LogP contribution in [0.15, 0.2) is 24.4 Å². The van der Waals surface area contributed by atoms with E-state index >= 15 is 0 Å². The minimum absolute atomic E-state index is 0.604. The lowest BCUT2D eigenvalue weighted by Gasteiger charge is -2.12. The summed E-state index contributed by atoms with van der Waals surface area (Å²) < 4.78 is 0.653. The maximum absolute atomic E-state index is 5.31. The van der Waals surface area contributed by atoms with Gasteiger partial charge in [0.15, 0.2) is 5.82 Å². The van der Waals surface area contributed by atoms with Crippen LogP contribution in [0.5, 0.6) is 0 Å². The summed E-state index contributed by atoms with van der Waals surface area (Å²) in [6.07, 6.45) is 6.91. The molecule has 0 aliphatic heterocycles. The van der Waals surface area contributed by atoms with E-state index in [1.807, 2.05) is 25.1 Å². The Morgan fingerprint density at radius 2 is 2.11 bits per heavy atom. The molecule has 2 aromatic rings. The number of nitrogens with zero attached hydrogens (tertiary/aromatic N) is 2. The zero-order chi connectivity index (χ0) is 13.2. The van der Waals surface area contributed by atoms with Crippen molar-refractivity contribution in [3.05, 3.63) is 40.3 Å². The van der Waals surface area contributed by atoms with Crippen LogP contribution in [0.4, 0.5) is 0 Å². The van der Waals surface area contributed by atoms with E-state index in [1.54, 1.807) is 6.20 Å². The molecule has 3 rings (SSSR count). The third-order valence-electron chi connectivity index (χ3n) is 3.79. The fraction of sp³-hybridized carbons (Fsp3) is 0.400. The molecule has 4 heteroatoms. The Morgan fingerprint density at radius 3 is 2.84 bits per heavy atom. The smallest absolute Gasteiger partial charge is 0.158 e. The van der Waals surface area contributed by atoms with Crippen LogP contribution in [0.1, 0.15) is 42.9 Å². The van der Waals surface area contributed by atoms with Gasteiger partial charge in [-0.15, -0.1) is 0 Å². The van der Waals surface area contributed by atoms with Crippen molar-refractivity contribution < 1.29 is 0 Å². The Bertz CT molecular complexity index is 642. The van der Waals surface area contributed by atoms with E-state index in [0.717, 1.165) is 17.1 Å². The standard InChI is InChI=1S/C15H17N3S/c1-10-5-4-8-16-14(10)15-17-12(9-13(19)18-15)11-6-2-3-7-11/h4-5,8-9,11H,2-3,6-7H2,1H3,(H,17,18,19). The number of aromatic amines is 1. The maximum atomic E-state index is 5.31. The summed E-state index contributed by atoms with van der Waals surface area (Å²) in [4.78, 5) is 12.3. The van der Waals surface area contributed by atoms with Gasteiger partial charge in [0.25, 0.3) is 0 Å². The van der Waals surface area contributed by atoms with Crippen LogP contribution in [-0.4, -0.2) is 15.0 Å². The molecule has 0 aromatic carbocycles. The molecule has 2 heterocycles. The number of H-pyrrole nitrogens is 1. The van der Waals surface area contributed by atoms with Crippen LogP contribution in [0, 0.1) is 11.6 Å². The molecule has 1 aliphatic carbocycles. The van der Waals surface area contributed by atoms with Crippen LogP contribution >= 0.6 is 12.2 Å². The van der Waals surface area contributed by atoms with Crippen LogP contribution in [0.25, 0.3) is 11.5 Å². The van der Waals surface area contributed by atoms with Gasteiger partial charge in [-0.25, -0.2) is 4.98 Å². The van der Waals surface area contributed by atoms with Crippen molar-refractivity contribution in [2.24, 2.45) is 0 Å². The first-order chi connectivity index (χ1) is 9.24. The Balaban J connectivity index is 2.07. The van der Waals surface area contributed by atoms with Crippen molar-refractivity contribution in [2.45, 2.75) is 38.5 Å². The summed E-state index contributed by atoms with van der Waals surface area (Å²) in [5, 5.41) is 0. The van der Waals surface area contributed by atoms with Gasteiger partial charge in [-0.1, -0.05) is 31.1 Å². The molecule has 1 saturated carbocycles. The average Bonchev–Trinajstić information content (AvgIpc) is 2.92. The zero-order valence-electron chi connectivity index (χ0n) is 11.0. The van der Waals surface area contributed by atoms with Crippen molar-refractivity contribution in [3.8, 4) is 11.5 Å². The summed E-state index contributed by atoms with van der Waals surface area (Å²) in [5.74, 6) is 1.40. The SMILES string of the molecule is Cc1cccnc1-c1nc(=S)cc(C2CCCC2)[nH]1. The summed E-state index contributed by atoms with van der Waals surface area (Å²) in [5.41, 5.74) is 3.23. The van der Waals surface area contributed by atoms with Crippen molar-refractivity contribution in [2.75, 3.05) is 0 Å². The third kappa shape index (κ3) is 2.59. The summed E-state index contributed by atoms with van der Waals surface area (Å²) in [6.45, 7) is 2.04. The second kappa shape index (κ2) is 5.21. The third-order valence-corrected chi connectivity index (χ3v) is 4.00. The van der Waals surface area contributed by atoms with Gasteiger partial charge in [0.1, 0.15) is 10.3 Å². The van der Waals surface area contributed by atoms with Crippen LogP contribution in [0.2, 0.25) is 0 Å². The van der Waals surface area contributed by atoms with Gasteiger partial charge in [0.05, 0.1) is 0 Å². The fourth-order valence-corrected chi connectivity index (χ4v) is 3.00. The molecule has 0 saturated heterocycles. The normalized spacial score (nSPS) is 15.8. The van der Waals surface area contributed by atoms with Crippen LogP contribution in [0.3, 0.4) is 0 Å². The minimum Gasteiger partial charge on any atom is -0.342 e. The van der Waals surface area contributed by atoms with Gasteiger partial charge < -0.3 is 4.98 Å². The zero-order valence-corrected chi connectivity index (χ0v) is 11.8. The molecule has 0 amide bonds. The van der Waals surface area contributed by atoms with E-state index in [4.69, 9.17) is 12.2 Å². The van der Waals surface area contributed by atoms with Crippen LogP contribution < -0.4 is 0 Å². The van der Waals surface area contributed by atoms with Gasteiger partial charge in [-0.05, 0) is 43.4 Å². The Morgan fingerprint density at radius 1 is 1.32 bits per heavy atom. The van der Waals surface area contributed by atoms with E-state index in [0.29, 0.717) is 10.6 Å². The lowest BCUT2D eigenvalue weighted by Crippen LogP contribution is -2.02. The number of nitrogens with one attached hydrogen (secondary N) is 1. The molecule has 1 aliphatic rings. The highest BCUT2D eigenvalue weighted by atomic mass is 32.1. The predicted molar refractivity (Wildman–Crippen MR) is 78.6 cm³/mol. The molecule has 1 N–H and O–H groups in total. The molecule has 0 radical (unpaired) electrons. The Labute approximate surface area is 118 Å². The molecule has 0 bridgehead atoms. The lowest BCUT2D eigenvalue weighted by molar-refractivity contribution is 0.694. The molecule has 98 valence electrons. The molecule has 0 atom stereocenters. The van der Waals surface area contributed by atoms with Crippen LogP contribution in [-0.2, 0) is 0 Å². The van der Waals surface area contributed by atoms with Gasteiger partial charge in [0, 0.05) is 11.9 Å². The number of rotatable bonds is 2. The van der Waals surface area contributed by atoms with E-state index < -0.39 is 0 Å². The lowest BCUT2D eigenvalue weighted by atomic mass is 10.0. The largest absolute Gasteiger partial charge is 0.342 e. The van der Waals surface area contributed by atoms with Crippen molar-refractivity contribution in [1.29, 1.82) is 0 Å². The van der Waals surface area contributed by atoms with Crippen molar-refractivity contribution >= 4 is 12.2 Å². The minimum atomic E-state index is 0.604. The highest BCUT2D eigenvalue weighted by Crippen LogP contribution is 2.33. The molecule has 19 heavy (non-hydrogen) atoms. The molecule has 0 spiro atoms. The second-order valence-electron chi connectivity index (χ2n) is 5.17. The maximum Gasteiger partial charge on any atom is 0.158 e. The van der Waals surface area contributed by atoms with Crippen molar-refractivity contribution in [1.82, 2.24) is 15.0 Å². The van der Waals surface area contributed by atoms with E-state index in [2.05, 4.69) is 15.0 Å². The quantitative estimate of drug-likeness (QED) is 0.834. The average molecular weight is 271 g/mol. The second-order valence-corrected chi connectivity index (χ2v) is 5.59. The number of pyridine rings is 1. The van der Waals surface area contributed by atoms with Gasteiger partial charge in [0.2, 0.25) is 0 Å². The topological polar surface area (TPSA) is 41.6 Å². The summed E-state index contributed by atoms with van der Waals surface area (Å²) in [7, 11) is 0. The van der Waals surface area contributed by atoms with E-state index in [1.165, 1.54) is 31.4 Å². The highest BCUT2D eigenvalue weighted by molar-refractivity contribution is 7.71. The van der Waals surface area contributed by atoms with Gasteiger partial charge in [-0.2, -0.15) is 0 Å². The number of hydrogen-bond donors (Lipinski definition) is 1. The summed E-state index contributed by atoms with van der Waals surface area (Å²) >= 11 is 5.31.